The van der Waals surface area contributed by atoms with Crippen molar-refractivity contribution >= 4 is 23.2 Å². The van der Waals surface area contributed by atoms with Gasteiger partial charge in [-0.25, -0.2) is 4.39 Å². The summed E-state index contributed by atoms with van der Waals surface area (Å²) < 4.78 is 19.1. The molecule has 2 rings (SSSR count). The van der Waals surface area contributed by atoms with E-state index in [1.165, 1.54) is 12.1 Å². The monoisotopic (exact) mass is 307 g/mol. The number of carbonyl (C=O) groups is 1. The molecule has 1 amide bonds. The lowest BCUT2D eigenvalue weighted by molar-refractivity contribution is -0.118. The molecule has 0 fully saturated rings. The van der Waals surface area contributed by atoms with Gasteiger partial charge in [-0.2, -0.15) is 0 Å². The fourth-order valence-electron chi connectivity index (χ4n) is 1.94. The van der Waals surface area contributed by atoms with Gasteiger partial charge in [0.15, 0.2) is 6.61 Å². The fourth-order valence-corrected chi connectivity index (χ4v) is 2.10. The summed E-state index contributed by atoms with van der Waals surface area (Å²) in [5.74, 6) is -0.342. The molecule has 3 nitrogen and oxygen atoms in total. The van der Waals surface area contributed by atoms with Crippen LogP contribution in [0.5, 0.6) is 5.75 Å². The largest absolute Gasteiger partial charge is 0.483 e. The lowest BCUT2D eigenvalue weighted by Crippen LogP contribution is -2.21. The number of nitrogens with one attached hydrogen (secondary N) is 1. The normalized spacial score (nSPS) is 10.3. The predicted molar refractivity (Wildman–Crippen MR) is 81.5 cm³/mol. The molecule has 1 N–H and O–H groups in total. The Bertz CT molecular complexity index is 653. The summed E-state index contributed by atoms with van der Waals surface area (Å²) >= 11 is 5.65. The van der Waals surface area contributed by atoms with E-state index in [2.05, 4.69) is 5.32 Å². The van der Waals surface area contributed by atoms with Crippen LogP contribution in [0.2, 0.25) is 5.02 Å². The number of hydrogen-bond donors (Lipinski definition) is 1. The highest BCUT2D eigenvalue weighted by Crippen LogP contribution is 2.22. The van der Waals surface area contributed by atoms with Crippen molar-refractivity contribution in [3.05, 3.63) is 58.4 Å². The Kier molecular flexibility index (Phi) is 4.81. The molecule has 0 aliphatic carbocycles. The van der Waals surface area contributed by atoms with Crippen molar-refractivity contribution in [3.8, 4) is 5.75 Å². The molecule has 0 atom stereocenters. The standard InChI is InChI=1S/C16H15ClFNO2/c1-10-4-3-5-11(2)16(10)21-9-15(20)19-14-7-6-12(17)8-13(14)18/h3-8H,9H2,1-2H3,(H,19,20). The number of benzene rings is 2. The Balaban J connectivity index is 1.99. The topological polar surface area (TPSA) is 38.3 Å². The molecule has 0 bridgehead atoms. The zero-order valence-corrected chi connectivity index (χ0v) is 12.5. The van der Waals surface area contributed by atoms with E-state index in [1.807, 2.05) is 32.0 Å². The second-order valence-electron chi connectivity index (χ2n) is 4.68. The van der Waals surface area contributed by atoms with Crippen molar-refractivity contribution in [1.82, 2.24) is 0 Å². The van der Waals surface area contributed by atoms with Crippen molar-refractivity contribution in [1.29, 1.82) is 0 Å². The van der Waals surface area contributed by atoms with Crippen molar-refractivity contribution < 1.29 is 13.9 Å². The number of aryl methyl sites for hydroxylation is 2. The molecule has 21 heavy (non-hydrogen) atoms. The number of rotatable bonds is 4. The van der Waals surface area contributed by atoms with Crippen LogP contribution in [0.1, 0.15) is 11.1 Å². The van der Waals surface area contributed by atoms with Crippen molar-refractivity contribution in [2.24, 2.45) is 0 Å². The van der Waals surface area contributed by atoms with Crippen LogP contribution in [0.4, 0.5) is 10.1 Å². The first-order valence-electron chi connectivity index (χ1n) is 6.41. The van der Waals surface area contributed by atoms with Gasteiger partial charge in [0.1, 0.15) is 11.6 Å². The van der Waals surface area contributed by atoms with Crippen LogP contribution >= 0.6 is 11.6 Å². The van der Waals surface area contributed by atoms with E-state index in [0.717, 1.165) is 17.2 Å². The van der Waals surface area contributed by atoms with E-state index in [0.29, 0.717) is 5.75 Å². The number of para-hydroxylation sites is 1. The van der Waals surface area contributed by atoms with Crippen LogP contribution in [-0.4, -0.2) is 12.5 Å². The van der Waals surface area contributed by atoms with Crippen LogP contribution in [0.3, 0.4) is 0 Å². The fraction of sp³-hybridized carbons (Fsp3) is 0.188. The smallest absolute Gasteiger partial charge is 0.262 e. The average Bonchev–Trinajstić information content (AvgIpc) is 2.41. The molecular formula is C16H15ClFNO2. The van der Waals surface area contributed by atoms with Gasteiger partial charge in [-0.05, 0) is 43.2 Å². The number of carbonyl (C=O) groups excluding carboxylic acids is 1. The first-order valence-corrected chi connectivity index (χ1v) is 6.79. The molecule has 2 aromatic rings. The zero-order valence-electron chi connectivity index (χ0n) is 11.7. The third-order valence-corrected chi connectivity index (χ3v) is 3.20. The van der Waals surface area contributed by atoms with Crippen LogP contribution in [0.25, 0.3) is 0 Å². The van der Waals surface area contributed by atoms with Gasteiger partial charge in [-0.3, -0.25) is 4.79 Å². The van der Waals surface area contributed by atoms with Crippen LogP contribution < -0.4 is 10.1 Å². The van der Waals surface area contributed by atoms with Gasteiger partial charge in [-0.1, -0.05) is 29.8 Å². The maximum Gasteiger partial charge on any atom is 0.262 e. The van der Waals surface area contributed by atoms with Gasteiger partial charge in [-0.15, -0.1) is 0 Å². The second-order valence-corrected chi connectivity index (χ2v) is 5.12. The highest BCUT2D eigenvalue weighted by atomic mass is 35.5. The maximum absolute atomic E-state index is 13.6. The summed E-state index contributed by atoms with van der Waals surface area (Å²) in [6.07, 6.45) is 0. The van der Waals surface area contributed by atoms with Gasteiger partial charge < -0.3 is 10.1 Å². The molecule has 5 heteroatoms. The molecule has 0 heterocycles. The van der Waals surface area contributed by atoms with Crippen molar-refractivity contribution in [3.63, 3.8) is 0 Å². The molecule has 0 saturated carbocycles. The summed E-state index contributed by atoms with van der Waals surface area (Å²) in [5.41, 5.74) is 1.97. The van der Waals surface area contributed by atoms with E-state index >= 15 is 0 Å². The zero-order chi connectivity index (χ0) is 15.4. The van der Waals surface area contributed by atoms with Gasteiger partial charge in [0.05, 0.1) is 5.69 Å². The Labute approximate surface area is 127 Å². The maximum atomic E-state index is 13.6. The molecule has 0 saturated heterocycles. The SMILES string of the molecule is Cc1cccc(C)c1OCC(=O)Nc1ccc(Cl)cc1F. The molecule has 0 spiro atoms. The van der Waals surface area contributed by atoms with Gasteiger partial charge in [0.25, 0.3) is 5.91 Å². The molecular weight excluding hydrogens is 293 g/mol. The first kappa shape index (κ1) is 15.3. The summed E-state index contributed by atoms with van der Waals surface area (Å²) in [6, 6.07) is 9.78. The highest BCUT2D eigenvalue weighted by Gasteiger charge is 2.10. The number of hydrogen-bond acceptors (Lipinski definition) is 2. The minimum absolute atomic E-state index is 0.0782. The van der Waals surface area contributed by atoms with Crippen molar-refractivity contribution in [2.75, 3.05) is 11.9 Å². The summed E-state index contributed by atoms with van der Waals surface area (Å²) in [7, 11) is 0. The first-order chi connectivity index (χ1) is 9.97. The lowest BCUT2D eigenvalue weighted by Gasteiger charge is -2.12. The molecule has 0 aromatic heterocycles. The molecule has 0 unspecified atom stereocenters. The number of halogens is 2. The average molecular weight is 308 g/mol. The summed E-state index contributed by atoms with van der Waals surface area (Å²) in [6.45, 7) is 3.62. The second kappa shape index (κ2) is 6.59. The minimum Gasteiger partial charge on any atom is -0.483 e. The van der Waals surface area contributed by atoms with Crippen LogP contribution in [0.15, 0.2) is 36.4 Å². The van der Waals surface area contributed by atoms with E-state index in [1.54, 1.807) is 0 Å². The van der Waals surface area contributed by atoms with E-state index in [-0.39, 0.29) is 17.3 Å². The summed E-state index contributed by atoms with van der Waals surface area (Å²) in [4.78, 5) is 11.8. The molecule has 0 aliphatic heterocycles. The Hall–Kier alpha value is -2.07. The Morgan fingerprint density at radius 1 is 1.24 bits per heavy atom. The Morgan fingerprint density at radius 3 is 2.52 bits per heavy atom. The van der Waals surface area contributed by atoms with E-state index in [9.17, 15) is 9.18 Å². The molecule has 2 aromatic carbocycles. The number of amides is 1. The van der Waals surface area contributed by atoms with Gasteiger partial charge in [0, 0.05) is 5.02 Å². The molecule has 110 valence electrons. The lowest BCUT2D eigenvalue weighted by atomic mass is 10.1. The quantitative estimate of drug-likeness (QED) is 0.923. The number of ether oxygens (including phenoxy) is 1. The summed E-state index contributed by atoms with van der Waals surface area (Å²) in [5, 5.41) is 2.72. The van der Waals surface area contributed by atoms with Gasteiger partial charge in [0.2, 0.25) is 0 Å². The predicted octanol–water partition coefficient (Wildman–Crippen LogP) is 4.11. The van der Waals surface area contributed by atoms with E-state index in [4.69, 9.17) is 16.3 Å². The third-order valence-electron chi connectivity index (χ3n) is 2.96. The third kappa shape index (κ3) is 3.95. The van der Waals surface area contributed by atoms with E-state index < -0.39 is 11.7 Å². The van der Waals surface area contributed by atoms with Crippen LogP contribution in [0, 0.1) is 19.7 Å². The minimum atomic E-state index is -0.581. The molecule has 0 radical (unpaired) electrons. The molecule has 0 aliphatic rings. The van der Waals surface area contributed by atoms with Crippen LogP contribution in [-0.2, 0) is 4.79 Å². The number of anilines is 1. The highest BCUT2D eigenvalue weighted by molar-refractivity contribution is 6.30. The van der Waals surface area contributed by atoms with Crippen molar-refractivity contribution in [2.45, 2.75) is 13.8 Å². The van der Waals surface area contributed by atoms with Gasteiger partial charge >= 0.3 is 0 Å². The Morgan fingerprint density at radius 2 is 1.90 bits per heavy atom.